The molecule has 1 aromatic heterocycles. The Bertz CT molecular complexity index is 1100. The normalized spacial score (nSPS) is 18.6. The zero-order valence-corrected chi connectivity index (χ0v) is 19.0. The summed E-state index contributed by atoms with van der Waals surface area (Å²) in [6.45, 7) is 7.15. The number of hydrogen-bond acceptors (Lipinski definition) is 7. The largest absolute Gasteiger partial charge is 0.485 e. The summed E-state index contributed by atoms with van der Waals surface area (Å²) < 4.78 is 18.4. The molecule has 32 heavy (non-hydrogen) atoms. The fourth-order valence-electron chi connectivity index (χ4n) is 4.08. The third-order valence-electron chi connectivity index (χ3n) is 5.85. The number of amides is 1. The van der Waals surface area contributed by atoms with E-state index in [1.807, 2.05) is 43.3 Å². The lowest BCUT2D eigenvalue weighted by molar-refractivity contribution is -0.127. The summed E-state index contributed by atoms with van der Waals surface area (Å²) in [5.41, 5.74) is 2.06. The van der Waals surface area contributed by atoms with Crippen molar-refractivity contribution in [1.29, 1.82) is 0 Å². The van der Waals surface area contributed by atoms with Crippen LogP contribution in [0.25, 0.3) is 10.2 Å². The van der Waals surface area contributed by atoms with E-state index < -0.39 is 6.10 Å². The van der Waals surface area contributed by atoms with E-state index in [2.05, 4.69) is 11.0 Å². The van der Waals surface area contributed by atoms with Crippen molar-refractivity contribution in [3.63, 3.8) is 0 Å². The number of rotatable bonds is 6. The van der Waals surface area contributed by atoms with E-state index in [0.29, 0.717) is 23.2 Å². The van der Waals surface area contributed by atoms with E-state index in [1.165, 1.54) is 0 Å². The standard InChI is InChI=1S/C24H27N3O4S/c1-17-6-4-9-21-22(17)25-24(32-21)27(11-5-10-26-12-14-29-15-13-26)23(28)20-16-30-18-7-2-3-8-19(18)31-20/h2-4,6-9,20H,5,10-16H2,1H3. The summed E-state index contributed by atoms with van der Waals surface area (Å²) >= 11 is 1.55. The van der Waals surface area contributed by atoms with Gasteiger partial charge in [-0.3, -0.25) is 14.6 Å². The van der Waals surface area contributed by atoms with Crippen molar-refractivity contribution < 1.29 is 19.0 Å². The fourth-order valence-corrected chi connectivity index (χ4v) is 5.16. The molecule has 3 heterocycles. The first-order chi connectivity index (χ1) is 15.7. The van der Waals surface area contributed by atoms with Gasteiger partial charge in [0.2, 0.25) is 6.10 Å². The van der Waals surface area contributed by atoms with Crippen LogP contribution in [-0.2, 0) is 9.53 Å². The average molecular weight is 454 g/mol. The van der Waals surface area contributed by atoms with Crippen LogP contribution in [0.5, 0.6) is 11.5 Å². The number of para-hydroxylation sites is 3. The highest BCUT2D eigenvalue weighted by Gasteiger charge is 2.33. The molecule has 1 fully saturated rings. The second-order valence-electron chi connectivity index (χ2n) is 8.08. The van der Waals surface area contributed by atoms with E-state index in [1.54, 1.807) is 16.2 Å². The van der Waals surface area contributed by atoms with Gasteiger partial charge in [0.15, 0.2) is 16.6 Å². The summed E-state index contributed by atoms with van der Waals surface area (Å²) in [5, 5.41) is 0.712. The number of thiazole rings is 1. The minimum absolute atomic E-state index is 0.113. The van der Waals surface area contributed by atoms with Gasteiger partial charge in [-0.15, -0.1) is 0 Å². The van der Waals surface area contributed by atoms with Crippen molar-refractivity contribution >= 4 is 32.6 Å². The molecule has 2 aromatic carbocycles. The summed E-state index contributed by atoms with van der Waals surface area (Å²) in [6.07, 6.45) is 0.159. The predicted molar refractivity (Wildman–Crippen MR) is 125 cm³/mol. The number of benzene rings is 2. The maximum Gasteiger partial charge on any atom is 0.273 e. The van der Waals surface area contributed by atoms with E-state index in [9.17, 15) is 4.79 Å². The molecule has 1 saturated heterocycles. The summed E-state index contributed by atoms with van der Waals surface area (Å²) in [7, 11) is 0. The summed E-state index contributed by atoms with van der Waals surface area (Å²) in [6, 6.07) is 13.6. The van der Waals surface area contributed by atoms with Crippen LogP contribution in [-0.4, -0.2) is 67.9 Å². The van der Waals surface area contributed by atoms with Gasteiger partial charge in [0.05, 0.1) is 23.4 Å². The molecule has 8 heteroatoms. The number of nitrogens with zero attached hydrogens (tertiary/aromatic N) is 3. The number of carbonyl (C=O) groups is 1. The highest BCUT2D eigenvalue weighted by molar-refractivity contribution is 7.22. The van der Waals surface area contributed by atoms with E-state index in [4.69, 9.17) is 19.2 Å². The molecule has 0 bridgehead atoms. The molecule has 3 aromatic rings. The topological polar surface area (TPSA) is 64.1 Å². The molecular formula is C24H27N3O4S. The quantitative estimate of drug-likeness (QED) is 0.569. The Morgan fingerprint density at radius 1 is 1.16 bits per heavy atom. The zero-order chi connectivity index (χ0) is 21.9. The van der Waals surface area contributed by atoms with Crippen LogP contribution in [0.3, 0.4) is 0 Å². The molecule has 1 atom stereocenters. The lowest BCUT2D eigenvalue weighted by Crippen LogP contribution is -2.47. The molecule has 0 aliphatic carbocycles. The Morgan fingerprint density at radius 3 is 2.78 bits per heavy atom. The maximum atomic E-state index is 13.6. The molecule has 168 valence electrons. The van der Waals surface area contributed by atoms with Crippen molar-refractivity contribution in [2.45, 2.75) is 19.4 Å². The first-order valence-corrected chi connectivity index (χ1v) is 11.9. The fraction of sp³-hybridized carbons (Fsp3) is 0.417. The van der Waals surface area contributed by atoms with Gasteiger partial charge in [0.25, 0.3) is 5.91 Å². The molecule has 1 unspecified atom stereocenters. The van der Waals surface area contributed by atoms with Gasteiger partial charge in [0, 0.05) is 26.2 Å². The first kappa shape index (κ1) is 21.2. The Labute approximate surface area is 191 Å². The number of morpholine rings is 1. The Hall–Kier alpha value is -2.68. The zero-order valence-electron chi connectivity index (χ0n) is 18.2. The monoisotopic (exact) mass is 453 g/mol. The smallest absolute Gasteiger partial charge is 0.273 e. The number of aryl methyl sites for hydroxylation is 1. The molecule has 0 saturated carbocycles. The van der Waals surface area contributed by atoms with Gasteiger partial charge in [0.1, 0.15) is 6.61 Å². The molecule has 0 radical (unpaired) electrons. The third kappa shape index (κ3) is 4.44. The second-order valence-corrected chi connectivity index (χ2v) is 9.09. The van der Waals surface area contributed by atoms with Crippen LogP contribution < -0.4 is 14.4 Å². The van der Waals surface area contributed by atoms with Gasteiger partial charge < -0.3 is 14.2 Å². The number of anilines is 1. The van der Waals surface area contributed by atoms with E-state index >= 15 is 0 Å². The Balaban J connectivity index is 1.37. The van der Waals surface area contributed by atoms with Gasteiger partial charge in [-0.25, -0.2) is 4.98 Å². The number of aromatic nitrogens is 1. The lowest BCUT2D eigenvalue weighted by atomic mass is 10.2. The SMILES string of the molecule is Cc1cccc2sc(N(CCCN3CCOCC3)C(=O)C3COc4ccccc4O3)nc12. The van der Waals surface area contributed by atoms with Crippen LogP contribution in [0, 0.1) is 6.92 Å². The Morgan fingerprint density at radius 2 is 1.97 bits per heavy atom. The molecule has 1 amide bonds. The van der Waals surface area contributed by atoms with E-state index in [0.717, 1.165) is 55.0 Å². The second kappa shape index (κ2) is 9.44. The van der Waals surface area contributed by atoms with Crippen LogP contribution in [0.2, 0.25) is 0 Å². The Kier molecular flexibility index (Phi) is 6.25. The van der Waals surface area contributed by atoms with Crippen molar-refractivity contribution in [2.75, 3.05) is 50.9 Å². The predicted octanol–water partition coefficient (Wildman–Crippen LogP) is 3.50. The number of carbonyl (C=O) groups excluding carboxylic acids is 1. The van der Waals surface area contributed by atoms with Crippen LogP contribution >= 0.6 is 11.3 Å². The molecule has 2 aliphatic rings. The van der Waals surface area contributed by atoms with E-state index in [-0.39, 0.29) is 12.5 Å². The highest BCUT2D eigenvalue weighted by Crippen LogP contribution is 2.34. The van der Waals surface area contributed by atoms with Gasteiger partial charge >= 0.3 is 0 Å². The molecule has 7 nitrogen and oxygen atoms in total. The third-order valence-corrected chi connectivity index (χ3v) is 6.89. The number of hydrogen-bond donors (Lipinski definition) is 0. The minimum atomic E-state index is -0.693. The minimum Gasteiger partial charge on any atom is -0.485 e. The molecular weight excluding hydrogens is 426 g/mol. The molecule has 0 N–H and O–H groups in total. The van der Waals surface area contributed by atoms with Crippen molar-refractivity contribution in [2.24, 2.45) is 0 Å². The van der Waals surface area contributed by atoms with Crippen molar-refractivity contribution in [3.8, 4) is 11.5 Å². The maximum absolute atomic E-state index is 13.6. The molecule has 2 aliphatic heterocycles. The van der Waals surface area contributed by atoms with Crippen molar-refractivity contribution in [1.82, 2.24) is 9.88 Å². The van der Waals surface area contributed by atoms with Gasteiger partial charge in [-0.2, -0.15) is 0 Å². The summed E-state index contributed by atoms with van der Waals surface area (Å²) in [5.74, 6) is 1.16. The number of fused-ring (bicyclic) bond motifs is 2. The molecule has 5 rings (SSSR count). The average Bonchev–Trinajstić information content (AvgIpc) is 3.27. The number of ether oxygens (including phenoxy) is 3. The van der Waals surface area contributed by atoms with Gasteiger partial charge in [-0.1, -0.05) is 35.6 Å². The van der Waals surface area contributed by atoms with Crippen LogP contribution in [0.1, 0.15) is 12.0 Å². The van der Waals surface area contributed by atoms with Gasteiger partial charge in [-0.05, 0) is 37.1 Å². The first-order valence-electron chi connectivity index (χ1n) is 11.0. The summed E-state index contributed by atoms with van der Waals surface area (Å²) in [4.78, 5) is 22.6. The highest BCUT2D eigenvalue weighted by atomic mass is 32.1. The molecule has 0 spiro atoms. The van der Waals surface area contributed by atoms with Crippen LogP contribution in [0.4, 0.5) is 5.13 Å². The lowest BCUT2D eigenvalue weighted by Gasteiger charge is -2.31. The van der Waals surface area contributed by atoms with Crippen LogP contribution in [0.15, 0.2) is 42.5 Å². The van der Waals surface area contributed by atoms with Crippen molar-refractivity contribution in [3.05, 3.63) is 48.0 Å².